The van der Waals surface area contributed by atoms with Crippen LogP contribution in [0, 0.1) is 5.82 Å². The Morgan fingerprint density at radius 2 is 2.08 bits per heavy atom. The van der Waals surface area contributed by atoms with E-state index in [1.165, 1.54) is 37.5 Å². The van der Waals surface area contributed by atoms with Crippen LogP contribution in [0.25, 0.3) is 0 Å². The molecule has 3 aliphatic heterocycles. The van der Waals surface area contributed by atoms with E-state index in [1.54, 1.807) is 12.3 Å². The minimum absolute atomic E-state index is 0.0487. The lowest BCUT2D eigenvalue weighted by atomic mass is 9.88. The molecule has 9 nitrogen and oxygen atoms in total. The second kappa shape index (κ2) is 10.9. The summed E-state index contributed by atoms with van der Waals surface area (Å²) in [7, 11) is 1.32. The highest BCUT2D eigenvalue weighted by atomic mass is 35.5. The maximum absolute atomic E-state index is 13.9. The largest absolute Gasteiger partial charge is 0.466 e. The fraction of sp³-hybridized carbons (Fsp3) is 0.440. The van der Waals surface area contributed by atoms with Gasteiger partial charge >= 0.3 is 5.97 Å². The smallest absolute Gasteiger partial charge is 0.338 e. The molecule has 12 heteroatoms. The molecule has 196 valence electrons. The lowest BCUT2D eigenvalue weighted by Crippen LogP contribution is -2.61. The van der Waals surface area contributed by atoms with Crippen molar-refractivity contribution in [3.8, 4) is 0 Å². The Kier molecular flexibility index (Phi) is 7.57. The van der Waals surface area contributed by atoms with E-state index >= 15 is 0 Å². The quantitative estimate of drug-likeness (QED) is 0.536. The van der Waals surface area contributed by atoms with Gasteiger partial charge in [0.2, 0.25) is 5.91 Å². The highest BCUT2D eigenvalue weighted by molar-refractivity contribution is 7.11. The molecule has 1 amide bonds. The zero-order valence-corrected chi connectivity index (χ0v) is 21.9. The molecule has 2 N–H and O–H groups in total. The molecule has 0 saturated carbocycles. The molecule has 1 aromatic heterocycles. The van der Waals surface area contributed by atoms with Gasteiger partial charge in [0.05, 0.1) is 25.9 Å². The summed E-state index contributed by atoms with van der Waals surface area (Å²) >= 11 is 7.85. The van der Waals surface area contributed by atoms with Gasteiger partial charge in [-0.2, -0.15) is 0 Å². The van der Waals surface area contributed by atoms with Gasteiger partial charge in [0, 0.05) is 59.5 Å². The first kappa shape index (κ1) is 25.8. The van der Waals surface area contributed by atoms with Gasteiger partial charge in [-0.3, -0.25) is 14.7 Å². The van der Waals surface area contributed by atoms with Gasteiger partial charge in [-0.15, -0.1) is 11.3 Å². The van der Waals surface area contributed by atoms with Crippen molar-refractivity contribution in [1.82, 2.24) is 20.5 Å². The average Bonchev–Trinajstić information content (AvgIpc) is 3.38. The molecule has 37 heavy (non-hydrogen) atoms. The van der Waals surface area contributed by atoms with Crippen LogP contribution in [0.4, 0.5) is 4.39 Å². The number of aliphatic imine (C=N–C) groups is 1. The molecule has 3 atom stereocenters. The third-order valence-electron chi connectivity index (χ3n) is 6.84. The van der Waals surface area contributed by atoms with Crippen LogP contribution in [0.2, 0.25) is 5.02 Å². The van der Waals surface area contributed by atoms with Crippen LogP contribution in [0.15, 0.2) is 46.0 Å². The number of halogens is 2. The number of piperidine rings is 1. The molecule has 4 heterocycles. The number of aromatic nitrogens is 1. The number of benzene rings is 1. The lowest BCUT2D eigenvalue weighted by molar-refractivity contribution is -0.136. The summed E-state index contributed by atoms with van der Waals surface area (Å²) in [5, 5.41) is 9.03. The molecule has 2 saturated heterocycles. The Bertz CT molecular complexity index is 1240. The van der Waals surface area contributed by atoms with Gasteiger partial charge in [0.15, 0.2) is 10.8 Å². The number of morpholine rings is 1. The summed E-state index contributed by atoms with van der Waals surface area (Å²) in [6, 6.07) is 3.40. The minimum atomic E-state index is -0.816. The predicted octanol–water partition coefficient (Wildman–Crippen LogP) is 2.82. The van der Waals surface area contributed by atoms with Crippen LogP contribution in [0.1, 0.15) is 36.4 Å². The van der Waals surface area contributed by atoms with Crippen molar-refractivity contribution in [2.45, 2.75) is 43.9 Å². The van der Waals surface area contributed by atoms with Crippen LogP contribution in [0.3, 0.4) is 0 Å². The first-order valence-electron chi connectivity index (χ1n) is 12.0. The molecule has 2 unspecified atom stereocenters. The third-order valence-corrected chi connectivity index (χ3v) is 7.95. The number of fused-ring (bicyclic) bond motifs is 2. The van der Waals surface area contributed by atoms with Gasteiger partial charge in [-0.05, 0) is 25.0 Å². The van der Waals surface area contributed by atoms with E-state index < -0.39 is 17.8 Å². The fourth-order valence-corrected chi connectivity index (χ4v) is 6.16. The van der Waals surface area contributed by atoms with Gasteiger partial charge in [0.25, 0.3) is 0 Å². The Balaban J connectivity index is 1.55. The van der Waals surface area contributed by atoms with Crippen molar-refractivity contribution in [1.29, 1.82) is 0 Å². The first-order chi connectivity index (χ1) is 17.8. The number of rotatable bonds is 6. The van der Waals surface area contributed by atoms with Gasteiger partial charge in [-0.1, -0.05) is 17.7 Å². The number of ether oxygens (including phenoxy) is 2. The lowest BCUT2D eigenvalue weighted by Gasteiger charge is -2.49. The molecule has 2 fully saturated rings. The number of amidine groups is 1. The van der Waals surface area contributed by atoms with Crippen molar-refractivity contribution < 1.29 is 23.5 Å². The van der Waals surface area contributed by atoms with E-state index in [1.807, 2.05) is 5.38 Å². The van der Waals surface area contributed by atoms with E-state index in [0.717, 1.165) is 12.8 Å². The maximum Gasteiger partial charge on any atom is 0.338 e. The molecule has 1 aromatic carbocycles. The summed E-state index contributed by atoms with van der Waals surface area (Å²) in [4.78, 5) is 36.3. The summed E-state index contributed by atoms with van der Waals surface area (Å²) in [5.41, 5.74) is 1.41. The normalized spacial score (nSPS) is 25.8. The number of carbonyl (C=O) groups is 2. The van der Waals surface area contributed by atoms with Crippen molar-refractivity contribution in [3.05, 3.63) is 62.5 Å². The number of methoxy groups -OCH3 is 1. The molecule has 0 spiro atoms. The number of carbonyl (C=O) groups excluding carboxylic acids is 2. The van der Waals surface area contributed by atoms with Crippen LogP contribution in [0.5, 0.6) is 0 Å². The summed E-state index contributed by atoms with van der Waals surface area (Å²) < 4.78 is 24.9. The number of hydrogen-bond donors (Lipinski definition) is 2. The second-order valence-electron chi connectivity index (χ2n) is 9.28. The van der Waals surface area contributed by atoms with E-state index in [9.17, 15) is 14.0 Å². The summed E-state index contributed by atoms with van der Waals surface area (Å²) in [5.74, 6) is -0.585. The van der Waals surface area contributed by atoms with E-state index in [4.69, 9.17) is 26.1 Å². The number of nitrogens with zero attached hydrogens (tertiary/aromatic N) is 3. The minimum Gasteiger partial charge on any atom is -0.466 e. The van der Waals surface area contributed by atoms with Crippen molar-refractivity contribution in [2.75, 3.05) is 26.9 Å². The molecule has 0 aliphatic carbocycles. The number of esters is 1. The molecule has 0 radical (unpaired) electrons. The first-order valence-corrected chi connectivity index (χ1v) is 13.2. The zero-order chi connectivity index (χ0) is 26.1. The van der Waals surface area contributed by atoms with Crippen molar-refractivity contribution in [2.24, 2.45) is 4.99 Å². The zero-order valence-electron chi connectivity index (χ0n) is 20.4. The van der Waals surface area contributed by atoms with E-state index in [0.29, 0.717) is 47.4 Å². The highest BCUT2D eigenvalue weighted by Gasteiger charge is 2.42. The van der Waals surface area contributed by atoms with E-state index in [2.05, 4.69) is 20.5 Å². The molecular weight excluding hydrogens is 521 g/mol. The maximum atomic E-state index is 13.9. The highest BCUT2D eigenvalue weighted by Crippen LogP contribution is 2.38. The van der Waals surface area contributed by atoms with Crippen molar-refractivity contribution >= 4 is 40.6 Å². The Morgan fingerprint density at radius 1 is 1.32 bits per heavy atom. The van der Waals surface area contributed by atoms with Crippen LogP contribution in [-0.2, 0) is 19.1 Å². The number of nitrogens with one attached hydrogen (secondary N) is 2. The Labute approximate surface area is 222 Å². The standard InChI is InChI=1S/C25H27ClFN5O4S/c1-13(33)29-15-8-16-11-36-12-17(9-15)32(16)10-20-21(25(34)35-2)22(18-4-3-14(27)7-19(18)26)31-23(30-20)24-28-5-6-37-24/h3-7,15-17,22H,8-12H2,1-2H3,(H,29,33)(H,30,31)/t15?,16?,17?,22-/m0/s1. The van der Waals surface area contributed by atoms with Gasteiger partial charge < -0.3 is 20.1 Å². The predicted molar refractivity (Wildman–Crippen MR) is 137 cm³/mol. The molecule has 2 aromatic rings. The number of hydrogen-bond acceptors (Lipinski definition) is 9. The van der Waals surface area contributed by atoms with Crippen molar-refractivity contribution in [3.63, 3.8) is 0 Å². The summed E-state index contributed by atoms with van der Waals surface area (Å²) in [6.07, 6.45) is 3.15. The van der Waals surface area contributed by atoms with Crippen LogP contribution >= 0.6 is 22.9 Å². The Hall–Kier alpha value is -2.86. The topological polar surface area (TPSA) is 105 Å². The Morgan fingerprint density at radius 3 is 2.70 bits per heavy atom. The van der Waals surface area contributed by atoms with Crippen LogP contribution < -0.4 is 10.6 Å². The van der Waals surface area contributed by atoms with E-state index in [-0.39, 0.29) is 29.1 Å². The molecule has 2 bridgehead atoms. The summed E-state index contributed by atoms with van der Waals surface area (Å²) in [6.45, 7) is 2.97. The average molecular weight is 548 g/mol. The monoisotopic (exact) mass is 547 g/mol. The van der Waals surface area contributed by atoms with Crippen LogP contribution in [-0.4, -0.2) is 72.6 Å². The number of amides is 1. The molecular formula is C25H27ClFN5O4S. The second-order valence-corrected chi connectivity index (χ2v) is 10.6. The van der Waals surface area contributed by atoms with Gasteiger partial charge in [-0.25, -0.2) is 14.2 Å². The fourth-order valence-electron chi connectivity index (χ4n) is 5.30. The molecule has 3 aliphatic rings. The number of thiazole rings is 1. The van der Waals surface area contributed by atoms with Gasteiger partial charge in [0.1, 0.15) is 11.9 Å². The molecule has 5 rings (SSSR count). The SMILES string of the molecule is COC(=O)C1=C(CN2C3COCC2CC(NC(C)=O)C3)NC(c2nccs2)=N[C@H]1c1ccc(F)cc1Cl. The third kappa shape index (κ3) is 5.40.